The van der Waals surface area contributed by atoms with Gasteiger partial charge in [-0.05, 0) is 38.1 Å². The quantitative estimate of drug-likeness (QED) is 0.636. The van der Waals surface area contributed by atoms with Crippen LogP contribution in [0.25, 0.3) is 0 Å². The van der Waals surface area contributed by atoms with Gasteiger partial charge >= 0.3 is 5.97 Å². The number of carbonyl (C=O) groups is 1. The lowest BCUT2D eigenvalue weighted by atomic mass is 9.99. The Morgan fingerprint density at radius 1 is 1.17 bits per heavy atom. The summed E-state index contributed by atoms with van der Waals surface area (Å²) in [5.74, 6) is 0.770. The van der Waals surface area contributed by atoms with Gasteiger partial charge in [0.15, 0.2) is 0 Å². The predicted molar refractivity (Wildman–Crippen MR) is 68.5 cm³/mol. The zero-order valence-corrected chi connectivity index (χ0v) is 10.4. The molecule has 0 bridgehead atoms. The van der Waals surface area contributed by atoms with E-state index in [1.54, 1.807) is 0 Å². The van der Waals surface area contributed by atoms with Gasteiger partial charge in [0, 0.05) is 0 Å². The molecule has 0 saturated carbocycles. The van der Waals surface area contributed by atoms with Gasteiger partial charge in [0.2, 0.25) is 0 Å². The summed E-state index contributed by atoms with van der Waals surface area (Å²) in [5, 5.41) is 3.23. The van der Waals surface area contributed by atoms with Crippen molar-refractivity contribution in [3.63, 3.8) is 0 Å². The molecule has 0 amide bonds. The third-order valence-corrected chi connectivity index (χ3v) is 3.01. The van der Waals surface area contributed by atoms with Crippen LogP contribution in [-0.2, 0) is 9.53 Å². The number of hydrogen-bond donors (Lipinski definition) is 1. The molecule has 4 heteroatoms. The Hall–Kier alpha value is -1.55. The molecule has 1 aliphatic rings. The number of carbonyl (C=O) groups excluding carboxylic acids is 1. The van der Waals surface area contributed by atoms with Crippen molar-refractivity contribution in [3.8, 4) is 5.75 Å². The number of piperidine rings is 1. The lowest BCUT2D eigenvalue weighted by Crippen LogP contribution is -2.33. The van der Waals surface area contributed by atoms with Crippen molar-refractivity contribution < 1.29 is 14.3 Å². The van der Waals surface area contributed by atoms with E-state index in [0.717, 1.165) is 31.7 Å². The molecule has 4 nitrogen and oxygen atoms in total. The highest BCUT2D eigenvalue weighted by atomic mass is 16.6. The molecular formula is C14H19NO3. The van der Waals surface area contributed by atoms with E-state index in [1.165, 1.54) is 0 Å². The van der Waals surface area contributed by atoms with Crippen LogP contribution in [0.1, 0.15) is 12.8 Å². The first-order valence-electron chi connectivity index (χ1n) is 6.41. The van der Waals surface area contributed by atoms with Crippen molar-refractivity contribution in [2.75, 3.05) is 26.3 Å². The Kier molecular flexibility index (Phi) is 5.02. The lowest BCUT2D eigenvalue weighted by Gasteiger charge is -2.20. The van der Waals surface area contributed by atoms with Gasteiger partial charge in [0.05, 0.1) is 5.92 Å². The number of rotatable bonds is 5. The molecule has 2 rings (SSSR count). The first kappa shape index (κ1) is 12.9. The predicted octanol–water partition coefficient (Wildman–Crippen LogP) is 1.61. The van der Waals surface area contributed by atoms with E-state index in [4.69, 9.17) is 9.47 Å². The maximum Gasteiger partial charge on any atom is 0.309 e. The molecular weight excluding hydrogens is 230 g/mol. The summed E-state index contributed by atoms with van der Waals surface area (Å²) in [7, 11) is 0. The number of benzene rings is 1. The largest absolute Gasteiger partial charge is 0.490 e. The van der Waals surface area contributed by atoms with Crippen LogP contribution in [0, 0.1) is 5.92 Å². The molecule has 1 N–H and O–H groups in total. The molecule has 1 heterocycles. The van der Waals surface area contributed by atoms with Crippen LogP contribution < -0.4 is 10.1 Å². The summed E-state index contributed by atoms with van der Waals surface area (Å²) in [4.78, 5) is 11.7. The summed E-state index contributed by atoms with van der Waals surface area (Å²) in [6.45, 7) is 2.53. The van der Waals surface area contributed by atoms with Crippen molar-refractivity contribution in [1.82, 2.24) is 5.32 Å². The average Bonchev–Trinajstić information content (AvgIpc) is 2.45. The molecule has 18 heavy (non-hydrogen) atoms. The first-order chi connectivity index (χ1) is 8.86. The second-order valence-electron chi connectivity index (χ2n) is 4.35. The van der Waals surface area contributed by atoms with Crippen molar-refractivity contribution in [3.05, 3.63) is 30.3 Å². The maximum absolute atomic E-state index is 11.7. The molecule has 0 spiro atoms. The van der Waals surface area contributed by atoms with Gasteiger partial charge in [-0.15, -0.1) is 0 Å². The lowest BCUT2D eigenvalue weighted by molar-refractivity contribution is -0.150. The summed E-state index contributed by atoms with van der Waals surface area (Å²) in [6.07, 6.45) is 1.75. The highest BCUT2D eigenvalue weighted by molar-refractivity contribution is 5.72. The zero-order valence-electron chi connectivity index (χ0n) is 10.4. The van der Waals surface area contributed by atoms with Crippen LogP contribution in [0.3, 0.4) is 0 Å². The molecule has 0 atom stereocenters. The van der Waals surface area contributed by atoms with E-state index in [9.17, 15) is 4.79 Å². The van der Waals surface area contributed by atoms with Gasteiger partial charge in [-0.25, -0.2) is 0 Å². The fourth-order valence-corrected chi connectivity index (χ4v) is 1.99. The molecule has 0 unspecified atom stereocenters. The number of nitrogens with one attached hydrogen (secondary N) is 1. The molecule has 1 saturated heterocycles. The Morgan fingerprint density at radius 2 is 1.89 bits per heavy atom. The Labute approximate surface area is 107 Å². The van der Waals surface area contributed by atoms with Gasteiger partial charge in [0.1, 0.15) is 19.0 Å². The topological polar surface area (TPSA) is 47.6 Å². The molecule has 0 aliphatic carbocycles. The van der Waals surface area contributed by atoms with Crippen molar-refractivity contribution >= 4 is 5.97 Å². The molecule has 98 valence electrons. The van der Waals surface area contributed by atoms with Crippen molar-refractivity contribution in [2.24, 2.45) is 5.92 Å². The van der Waals surface area contributed by atoms with Crippen LogP contribution in [0.5, 0.6) is 5.75 Å². The second kappa shape index (κ2) is 7.01. The van der Waals surface area contributed by atoms with E-state index in [2.05, 4.69) is 5.32 Å². The minimum Gasteiger partial charge on any atom is -0.490 e. The fourth-order valence-electron chi connectivity index (χ4n) is 1.99. The molecule has 1 fully saturated rings. The minimum atomic E-state index is -0.0897. The van der Waals surface area contributed by atoms with Crippen LogP contribution in [-0.4, -0.2) is 32.3 Å². The highest BCUT2D eigenvalue weighted by Crippen LogP contribution is 2.13. The van der Waals surface area contributed by atoms with E-state index in [-0.39, 0.29) is 11.9 Å². The van der Waals surface area contributed by atoms with E-state index in [0.29, 0.717) is 13.2 Å². The summed E-state index contributed by atoms with van der Waals surface area (Å²) in [5.41, 5.74) is 0. The van der Waals surface area contributed by atoms with Gasteiger partial charge in [-0.1, -0.05) is 18.2 Å². The maximum atomic E-state index is 11.7. The summed E-state index contributed by atoms with van der Waals surface area (Å²) >= 11 is 0. The van der Waals surface area contributed by atoms with E-state index in [1.807, 2.05) is 30.3 Å². The molecule has 0 aromatic heterocycles. The van der Waals surface area contributed by atoms with Gasteiger partial charge < -0.3 is 14.8 Å². The minimum absolute atomic E-state index is 0.0583. The van der Waals surface area contributed by atoms with Gasteiger partial charge in [0.25, 0.3) is 0 Å². The molecule has 1 aromatic rings. The smallest absolute Gasteiger partial charge is 0.309 e. The standard InChI is InChI=1S/C14H19NO3/c16-14(12-6-8-15-9-7-12)18-11-10-17-13-4-2-1-3-5-13/h1-5,12,15H,6-11H2. The molecule has 1 aromatic carbocycles. The van der Waals surface area contributed by atoms with Crippen molar-refractivity contribution in [1.29, 1.82) is 0 Å². The Bertz CT molecular complexity index is 361. The third kappa shape index (κ3) is 4.04. The highest BCUT2D eigenvalue weighted by Gasteiger charge is 2.21. The van der Waals surface area contributed by atoms with Gasteiger partial charge in [-0.2, -0.15) is 0 Å². The molecule has 1 aliphatic heterocycles. The average molecular weight is 249 g/mol. The van der Waals surface area contributed by atoms with E-state index >= 15 is 0 Å². The number of ether oxygens (including phenoxy) is 2. The first-order valence-corrected chi connectivity index (χ1v) is 6.41. The third-order valence-electron chi connectivity index (χ3n) is 3.01. The Morgan fingerprint density at radius 3 is 2.61 bits per heavy atom. The van der Waals surface area contributed by atoms with Crippen LogP contribution in [0.2, 0.25) is 0 Å². The SMILES string of the molecule is O=C(OCCOc1ccccc1)C1CCNCC1. The van der Waals surface area contributed by atoms with Crippen LogP contribution >= 0.6 is 0 Å². The monoisotopic (exact) mass is 249 g/mol. The summed E-state index contributed by atoms with van der Waals surface area (Å²) in [6, 6.07) is 9.53. The van der Waals surface area contributed by atoms with Crippen LogP contribution in [0.4, 0.5) is 0 Å². The van der Waals surface area contributed by atoms with Gasteiger partial charge in [-0.3, -0.25) is 4.79 Å². The number of para-hydroxylation sites is 1. The number of esters is 1. The van der Waals surface area contributed by atoms with Crippen molar-refractivity contribution in [2.45, 2.75) is 12.8 Å². The normalized spacial score (nSPS) is 16.2. The fraction of sp³-hybridized carbons (Fsp3) is 0.500. The molecule has 0 radical (unpaired) electrons. The zero-order chi connectivity index (χ0) is 12.6. The number of hydrogen-bond acceptors (Lipinski definition) is 4. The van der Waals surface area contributed by atoms with E-state index < -0.39 is 0 Å². The van der Waals surface area contributed by atoms with Crippen LogP contribution in [0.15, 0.2) is 30.3 Å². The Balaban J connectivity index is 1.61. The second-order valence-corrected chi connectivity index (χ2v) is 4.35. The summed E-state index contributed by atoms with van der Waals surface area (Å²) < 4.78 is 10.7.